The molecule has 3 amide bonds. The quantitative estimate of drug-likeness (QED) is 0.435. The van der Waals surface area contributed by atoms with Crippen LogP contribution in [-0.4, -0.2) is 46.5 Å². The second-order valence-corrected chi connectivity index (χ2v) is 7.41. The minimum atomic E-state index is -1.20. The van der Waals surface area contributed by atoms with Gasteiger partial charge >= 0.3 is 5.97 Å². The van der Waals surface area contributed by atoms with Crippen molar-refractivity contribution in [3.63, 3.8) is 0 Å². The van der Waals surface area contributed by atoms with Gasteiger partial charge in [-0.15, -0.1) is 0 Å². The monoisotopic (exact) mass is 422 g/mol. The molecule has 31 heavy (non-hydrogen) atoms. The minimum absolute atomic E-state index is 0.0996. The molecule has 8 heteroatoms. The molecule has 2 unspecified atom stereocenters. The lowest BCUT2D eigenvalue weighted by Gasteiger charge is -2.22. The summed E-state index contributed by atoms with van der Waals surface area (Å²) in [5.74, 6) is -2.71. The van der Waals surface area contributed by atoms with Gasteiger partial charge in [-0.1, -0.05) is 11.6 Å². The molecule has 0 bridgehead atoms. The molecule has 0 radical (unpaired) electrons. The van der Waals surface area contributed by atoms with Crippen LogP contribution < -0.4 is 5.32 Å². The van der Waals surface area contributed by atoms with Crippen LogP contribution in [-0.2, 0) is 14.3 Å². The highest BCUT2D eigenvalue weighted by molar-refractivity contribution is 6.22. The molecule has 0 aromatic heterocycles. The van der Waals surface area contributed by atoms with E-state index in [0.29, 0.717) is 11.3 Å². The van der Waals surface area contributed by atoms with Gasteiger partial charge in [0, 0.05) is 11.3 Å². The second-order valence-electron chi connectivity index (χ2n) is 7.41. The number of ketones is 1. The van der Waals surface area contributed by atoms with Crippen molar-refractivity contribution in [1.29, 1.82) is 0 Å². The highest BCUT2D eigenvalue weighted by Crippen LogP contribution is 2.26. The number of carbonyl (C=O) groups is 5. The van der Waals surface area contributed by atoms with Gasteiger partial charge in [-0.25, -0.2) is 4.79 Å². The van der Waals surface area contributed by atoms with Crippen molar-refractivity contribution in [1.82, 2.24) is 4.90 Å². The maximum absolute atomic E-state index is 12.6. The first-order chi connectivity index (χ1) is 14.6. The third kappa shape index (κ3) is 4.37. The molecule has 2 aromatic rings. The van der Waals surface area contributed by atoms with Crippen LogP contribution in [0.1, 0.15) is 57.4 Å². The van der Waals surface area contributed by atoms with Gasteiger partial charge in [0.25, 0.3) is 17.7 Å². The zero-order chi connectivity index (χ0) is 22.9. The van der Waals surface area contributed by atoms with Crippen molar-refractivity contribution in [3.05, 3.63) is 64.7 Å². The van der Waals surface area contributed by atoms with Gasteiger partial charge in [-0.3, -0.25) is 24.1 Å². The zero-order valence-corrected chi connectivity index (χ0v) is 17.6. The van der Waals surface area contributed by atoms with E-state index in [0.717, 1.165) is 10.5 Å². The van der Waals surface area contributed by atoms with Crippen LogP contribution in [0.4, 0.5) is 5.69 Å². The zero-order valence-electron chi connectivity index (χ0n) is 17.6. The van der Waals surface area contributed by atoms with Gasteiger partial charge in [0.05, 0.1) is 11.1 Å². The van der Waals surface area contributed by atoms with Crippen molar-refractivity contribution in [2.24, 2.45) is 0 Å². The smallest absolute Gasteiger partial charge is 0.329 e. The summed E-state index contributed by atoms with van der Waals surface area (Å²) in [7, 11) is 0. The van der Waals surface area contributed by atoms with E-state index in [2.05, 4.69) is 5.32 Å². The molecule has 0 saturated heterocycles. The molecule has 0 fully saturated rings. The van der Waals surface area contributed by atoms with Crippen molar-refractivity contribution in [3.8, 4) is 0 Å². The summed E-state index contributed by atoms with van der Waals surface area (Å²) >= 11 is 0. The Morgan fingerprint density at radius 2 is 1.55 bits per heavy atom. The lowest BCUT2D eigenvalue weighted by atomic mass is 10.1. The predicted molar refractivity (Wildman–Crippen MR) is 112 cm³/mol. The topological polar surface area (TPSA) is 110 Å². The van der Waals surface area contributed by atoms with E-state index in [4.69, 9.17) is 4.74 Å². The van der Waals surface area contributed by atoms with E-state index in [1.807, 2.05) is 0 Å². The van der Waals surface area contributed by atoms with Gasteiger partial charge in [-0.05, 0) is 64.1 Å². The Labute approximate surface area is 179 Å². The van der Waals surface area contributed by atoms with Crippen LogP contribution in [0.3, 0.4) is 0 Å². The van der Waals surface area contributed by atoms with E-state index in [9.17, 15) is 24.0 Å². The Balaban J connectivity index is 1.64. The van der Waals surface area contributed by atoms with Crippen LogP contribution in [0, 0.1) is 6.92 Å². The van der Waals surface area contributed by atoms with Crippen molar-refractivity contribution >= 4 is 35.2 Å². The number of hydrogen-bond acceptors (Lipinski definition) is 6. The number of Topliss-reactive ketones (excluding diaryl/α,β-unsaturated/α-hetero) is 1. The fourth-order valence-electron chi connectivity index (χ4n) is 3.19. The summed E-state index contributed by atoms with van der Waals surface area (Å²) < 4.78 is 5.19. The number of amides is 3. The SMILES string of the molecule is CC(=O)c1ccc(NC(=O)C(C)OC(=O)C(C)N2C(=O)c3ccc(C)cc3C2=O)cc1. The minimum Gasteiger partial charge on any atom is -0.451 e. The maximum Gasteiger partial charge on any atom is 0.329 e. The van der Waals surface area contributed by atoms with Gasteiger partial charge < -0.3 is 10.1 Å². The van der Waals surface area contributed by atoms with E-state index < -0.39 is 35.8 Å². The highest BCUT2D eigenvalue weighted by Gasteiger charge is 2.42. The second kappa shape index (κ2) is 8.51. The maximum atomic E-state index is 12.6. The Bertz CT molecular complexity index is 1090. The number of rotatable bonds is 6. The number of nitrogens with one attached hydrogen (secondary N) is 1. The molecule has 0 saturated carbocycles. The number of anilines is 1. The van der Waals surface area contributed by atoms with Crippen LogP contribution in [0.15, 0.2) is 42.5 Å². The number of esters is 1. The molecule has 1 heterocycles. The number of imide groups is 1. The number of ether oxygens (including phenoxy) is 1. The third-order valence-electron chi connectivity index (χ3n) is 5.02. The van der Waals surface area contributed by atoms with Gasteiger partial charge in [-0.2, -0.15) is 0 Å². The third-order valence-corrected chi connectivity index (χ3v) is 5.02. The van der Waals surface area contributed by atoms with Crippen molar-refractivity contribution < 1.29 is 28.7 Å². The molecule has 1 aliphatic rings. The van der Waals surface area contributed by atoms with Crippen molar-refractivity contribution in [2.75, 3.05) is 5.32 Å². The molecule has 1 N–H and O–H groups in total. The number of carbonyl (C=O) groups excluding carboxylic acids is 5. The molecular weight excluding hydrogens is 400 g/mol. The first-order valence-electron chi connectivity index (χ1n) is 9.71. The number of fused-ring (bicyclic) bond motifs is 1. The summed E-state index contributed by atoms with van der Waals surface area (Å²) in [6, 6.07) is 9.93. The van der Waals surface area contributed by atoms with E-state index in [1.54, 1.807) is 49.4 Å². The lowest BCUT2D eigenvalue weighted by Crippen LogP contribution is -2.45. The van der Waals surface area contributed by atoms with Crippen molar-refractivity contribution in [2.45, 2.75) is 39.8 Å². The van der Waals surface area contributed by atoms with Crippen LogP contribution >= 0.6 is 0 Å². The Morgan fingerprint density at radius 3 is 2.16 bits per heavy atom. The number of benzene rings is 2. The fraction of sp³-hybridized carbons (Fsp3) is 0.261. The summed E-state index contributed by atoms with van der Waals surface area (Å²) in [6.45, 7) is 6.00. The van der Waals surface area contributed by atoms with Gasteiger partial charge in [0.2, 0.25) is 0 Å². The lowest BCUT2D eigenvalue weighted by molar-refractivity contribution is -0.156. The fourth-order valence-corrected chi connectivity index (χ4v) is 3.19. The summed E-state index contributed by atoms with van der Waals surface area (Å²) in [6.07, 6.45) is -1.17. The summed E-state index contributed by atoms with van der Waals surface area (Å²) in [4.78, 5) is 62.3. The standard InChI is InChI=1S/C23H22N2O6/c1-12-5-10-18-19(11-12)22(29)25(21(18)28)13(2)23(30)31-15(4)20(27)24-17-8-6-16(7-9-17)14(3)26/h5-11,13,15H,1-4H3,(H,24,27). The van der Waals surface area contributed by atoms with Crippen LogP contribution in [0.5, 0.6) is 0 Å². The number of aryl methyl sites for hydroxylation is 1. The largest absolute Gasteiger partial charge is 0.451 e. The number of nitrogens with zero attached hydrogens (tertiary/aromatic N) is 1. The average molecular weight is 422 g/mol. The summed E-state index contributed by atoms with van der Waals surface area (Å²) in [5, 5.41) is 2.58. The molecule has 8 nitrogen and oxygen atoms in total. The molecule has 2 atom stereocenters. The first-order valence-corrected chi connectivity index (χ1v) is 9.71. The molecule has 0 spiro atoms. The molecule has 3 rings (SSSR count). The molecule has 160 valence electrons. The van der Waals surface area contributed by atoms with E-state index >= 15 is 0 Å². The first kappa shape index (κ1) is 21.9. The average Bonchev–Trinajstić information content (AvgIpc) is 2.97. The number of hydrogen-bond donors (Lipinski definition) is 1. The molecule has 1 aliphatic heterocycles. The van der Waals surface area contributed by atoms with Crippen LogP contribution in [0.2, 0.25) is 0 Å². The van der Waals surface area contributed by atoms with Gasteiger partial charge in [0.1, 0.15) is 6.04 Å². The van der Waals surface area contributed by atoms with Crippen LogP contribution in [0.25, 0.3) is 0 Å². The van der Waals surface area contributed by atoms with Gasteiger partial charge in [0.15, 0.2) is 11.9 Å². The van der Waals surface area contributed by atoms with E-state index in [-0.39, 0.29) is 16.9 Å². The Morgan fingerprint density at radius 1 is 0.935 bits per heavy atom. The predicted octanol–water partition coefficient (Wildman–Crippen LogP) is 2.75. The normalized spacial score (nSPS) is 14.6. The van der Waals surface area contributed by atoms with E-state index in [1.165, 1.54) is 20.8 Å². The molecule has 2 aromatic carbocycles. The highest BCUT2D eigenvalue weighted by atomic mass is 16.5. The summed E-state index contributed by atoms with van der Waals surface area (Å²) in [5.41, 5.74) is 2.22. The molecule has 0 aliphatic carbocycles. The Kier molecular flexibility index (Phi) is 6.01. The molecular formula is C23H22N2O6. The Hall–Kier alpha value is -3.81.